The molecule has 1 nitrogen and oxygen atoms in total. The average Bonchev–Trinajstić information content (AvgIpc) is 2.80. The van der Waals surface area contributed by atoms with Crippen LogP contribution in [0.15, 0.2) is 30.2 Å². The van der Waals surface area contributed by atoms with Gasteiger partial charge in [0.1, 0.15) is 0 Å². The van der Waals surface area contributed by atoms with Crippen LogP contribution in [0.3, 0.4) is 0 Å². The van der Waals surface area contributed by atoms with Crippen molar-refractivity contribution in [2.24, 2.45) is 0 Å². The Labute approximate surface area is 104 Å². The number of hydrogen-bond acceptors (Lipinski definition) is 2. The van der Waals surface area contributed by atoms with Gasteiger partial charge in [0.15, 0.2) is 0 Å². The highest BCUT2D eigenvalue weighted by Gasteiger charge is 2.07. The normalized spacial score (nSPS) is 12.6. The van der Waals surface area contributed by atoms with Crippen molar-refractivity contribution >= 4 is 11.3 Å². The lowest BCUT2D eigenvalue weighted by Gasteiger charge is -2.14. The smallest absolute Gasteiger partial charge is 0.0112 e. The van der Waals surface area contributed by atoms with Crippen molar-refractivity contribution in [3.05, 3.63) is 35.0 Å². The summed E-state index contributed by atoms with van der Waals surface area (Å²) in [6, 6.07) is 5.01. The maximum Gasteiger partial charge on any atom is 0.0112 e. The van der Waals surface area contributed by atoms with E-state index in [0.717, 1.165) is 6.42 Å². The largest absolute Gasteiger partial charge is 0.317 e. The average molecular weight is 237 g/mol. The van der Waals surface area contributed by atoms with Gasteiger partial charge in [-0.05, 0) is 44.2 Å². The van der Waals surface area contributed by atoms with Gasteiger partial charge in [-0.2, -0.15) is 0 Å². The van der Waals surface area contributed by atoms with Gasteiger partial charge in [-0.25, -0.2) is 0 Å². The minimum atomic E-state index is 0.641. The quantitative estimate of drug-likeness (QED) is 0.505. The molecule has 1 atom stereocenters. The molecular weight excluding hydrogens is 214 g/mol. The Morgan fingerprint density at radius 3 is 2.94 bits per heavy atom. The van der Waals surface area contributed by atoms with E-state index in [-0.39, 0.29) is 0 Å². The van der Waals surface area contributed by atoms with Crippen molar-refractivity contribution in [2.75, 3.05) is 7.05 Å². The van der Waals surface area contributed by atoms with Gasteiger partial charge >= 0.3 is 0 Å². The van der Waals surface area contributed by atoms with Crippen molar-refractivity contribution in [1.82, 2.24) is 5.32 Å². The summed E-state index contributed by atoms with van der Waals surface area (Å²) in [5, 5.41) is 5.58. The molecule has 1 aromatic heterocycles. The predicted octanol–water partition coefficient (Wildman–Crippen LogP) is 4.02. The van der Waals surface area contributed by atoms with Crippen molar-refractivity contribution in [3.8, 4) is 0 Å². The van der Waals surface area contributed by atoms with E-state index in [1.807, 2.05) is 17.4 Å². The summed E-state index contributed by atoms with van der Waals surface area (Å²) < 4.78 is 0. The molecule has 2 heteroatoms. The summed E-state index contributed by atoms with van der Waals surface area (Å²) in [6.45, 7) is 3.75. The lowest BCUT2D eigenvalue weighted by atomic mass is 10.0. The van der Waals surface area contributed by atoms with Crippen LogP contribution in [0.25, 0.3) is 0 Å². The van der Waals surface area contributed by atoms with E-state index in [2.05, 4.69) is 36.5 Å². The van der Waals surface area contributed by atoms with Crippen molar-refractivity contribution in [2.45, 2.75) is 44.6 Å². The van der Waals surface area contributed by atoms with Gasteiger partial charge in [0.2, 0.25) is 0 Å². The Morgan fingerprint density at radius 2 is 2.31 bits per heavy atom. The molecule has 0 fully saturated rings. The summed E-state index contributed by atoms with van der Waals surface area (Å²) in [6.07, 6.45) is 9.58. The zero-order chi connectivity index (χ0) is 11.6. The van der Waals surface area contributed by atoms with Crippen LogP contribution >= 0.6 is 11.3 Å². The molecule has 1 N–H and O–H groups in total. The molecule has 1 unspecified atom stereocenters. The van der Waals surface area contributed by atoms with Crippen LogP contribution in [-0.4, -0.2) is 13.1 Å². The second-order valence-electron chi connectivity index (χ2n) is 4.20. The van der Waals surface area contributed by atoms with Crippen LogP contribution < -0.4 is 5.32 Å². The van der Waals surface area contributed by atoms with Crippen molar-refractivity contribution in [3.63, 3.8) is 0 Å². The van der Waals surface area contributed by atoms with Gasteiger partial charge in [0, 0.05) is 10.9 Å². The monoisotopic (exact) mass is 237 g/mol. The number of allylic oxidation sites excluding steroid dienone is 1. The summed E-state index contributed by atoms with van der Waals surface area (Å²) >= 11 is 1.86. The van der Waals surface area contributed by atoms with Crippen molar-refractivity contribution < 1.29 is 0 Å². The first-order valence-corrected chi connectivity index (χ1v) is 7.05. The van der Waals surface area contributed by atoms with E-state index in [0.29, 0.717) is 6.04 Å². The van der Waals surface area contributed by atoms with Crippen LogP contribution in [-0.2, 0) is 6.42 Å². The minimum Gasteiger partial charge on any atom is -0.317 e. The summed E-state index contributed by atoms with van der Waals surface area (Å²) in [4.78, 5) is 1.49. The van der Waals surface area contributed by atoms with E-state index in [9.17, 15) is 0 Å². The molecule has 0 spiro atoms. The molecule has 0 amide bonds. The molecule has 0 saturated carbocycles. The van der Waals surface area contributed by atoms with E-state index in [4.69, 9.17) is 0 Å². The summed E-state index contributed by atoms with van der Waals surface area (Å²) in [5.41, 5.74) is 0. The first kappa shape index (κ1) is 13.5. The Balaban J connectivity index is 2.14. The second-order valence-corrected chi connectivity index (χ2v) is 5.23. The fraction of sp³-hybridized carbons (Fsp3) is 0.571. The number of thiophene rings is 1. The lowest BCUT2D eigenvalue weighted by molar-refractivity contribution is 0.489. The maximum absolute atomic E-state index is 3.75. The number of hydrogen-bond donors (Lipinski definition) is 1. The minimum absolute atomic E-state index is 0.641. The third-order valence-electron chi connectivity index (χ3n) is 2.90. The summed E-state index contributed by atoms with van der Waals surface area (Å²) in [5.74, 6) is 0. The van der Waals surface area contributed by atoms with E-state index in [1.165, 1.54) is 37.0 Å². The van der Waals surface area contributed by atoms with E-state index < -0.39 is 0 Å². The molecule has 1 heterocycles. The first-order valence-electron chi connectivity index (χ1n) is 6.17. The SMILES string of the molecule is C=CCCCCCC(Cc1cccs1)NC. The maximum atomic E-state index is 3.75. The number of rotatable bonds is 9. The number of likely N-dealkylation sites (N-methyl/N-ethyl adjacent to an activating group) is 1. The number of unbranched alkanes of at least 4 members (excludes halogenated alkanes) is 3. The number of nitrogens with one attached hydrogen (secondary N) is 1. The van der Waals surface area contributed by atoms with Gasteiger partial charge in [-0.1, -0.05) is 25.0 Å². The predicted molar refractivity (Wildman–Crippen MR) is 74.2 cm³/mol. The molecule has 16 heavy (non-hydrogen) atoms. The molecule has 0 aromatic carbocycles. The lowest BCUT2D eigenvalue weighted by Crippen LogP contribution is -2.27. The molecule has 0 bridgehead atoms. The van der Waals surface area contributed by atoms with E-state index in [1.54, 1.807) is 0 Å². The fourth-order valence-electron chi connectivity index (χ4n) is 1.88. The van der Waals surface area contributed by atoms with Gasteiger partial charge in [0.25, 0.3) is 0 Å². The highest BCUT2D eigenvalue weighted by Crippen LogP contribution is 2.14. The second kappa shape index (κ2) is 8.54. The van der Waals surface area contributed by atoms with Crippen molar-refractivity contribution in [1.29, 1.82) is 0 Å². The molecule has 90 valence electrons. The third kappa shape index (κ3) is 5.47. The zero-order valence-corrected chi connectivity index (χ0v) is 11.1. The molecule has 0 aliphatic rings. The van der Waals surface area contributed by atoms with Gasteiger partial charge < -0.3 is 5.32 Å². The molecular formula is C14H23NS. The topological polar surface area (TPSA) is 12.0 Å². The van der Waals surface area contributed by atoms with E-state index >= 15 is 0 Å². The zero-order valence-electron chi connectivity index (χ0n) is 10.2. The molecule has 0 aliphatic heterocycles. The van der Waals surface area contributed by atoms with Crippen LogP contribution in [0, 0.1) is 0 Å². The van der Waals surface area contributed by atoms with Gasteiger partial charge in [0.05, 0.1) is 0 Å². The highest BCUT2D eigenvalue weighted by molar-refractivity contribution is 7.09. The third-order valence-corrected chi connectivity index (χ3v) is 3.80. The first-order chi connectivity index (χ1) is 7.86. The molecule has 1 rings (SSSR count). The Hall–Kier alpha value is -0.600. The van der Waals surface area contributed by atoms with Crippen LogP contribution in [0.4, 0.5) is 0 Å². The molecule has 0 aliphatic carbocycles. The Kier molecular flexibility index (Phi) is 7.19. The molecule has 1 aromatic rings. The Morgan fingerprint density at radius 1 is 1.44 bits per heavy atom. The summed E-state index contributed by atoms with van der Waals surface area (Å²) in [7, 11) is 2.07. The standard InChI is InChI=1S/C14H23NS/c1-3-4-5-6-7-9-13(15-2)12-14-10-8-11-16-14/h3,8,10-11,13,15H,1,4-7,9,12H2,2H3. The van der Waals surface area contributed by atoms with Crippen LogP contribution in [0.1, 0.15) is 37.0 Å². The Bertz CT molecular complexity index is 266. The van der Waals surface area contributed by atoms with Crippen LogP contribution in [0.5, 0.6) is 0 Å². The van der Waals surface area contributed by atoms with Gasteiger partial charge in [-0.15, -0.1) is 17.9 Å². The molecule has 0 radical (unpaired) electrons. The highest BCUT2D eigenvalue weighted by atomic mass is 32.1. The molecule has 0 saturated heterocycles. The van der Waals surface area contributed by atoms with Crippen LogP contribution in [0.2, 0.25) is 0 Å². The fourth-order valence-corrected chi connectivity index (χ4v) is 2.66. The van der Waals surface area contributed by atoms with Gasteiger partial charge in [-0.3, -0.25) is 0 Å².